The Morgan fingerprint density at radius 2 is 2.09 bits per heavy atom. The fourth-order valence-corrected chi connectivity index (χ4v) is 5.15. The Morgan fingerprint density at radius 1 is 1.43 bits per heavy atom. The van der Waals surface area contributed by atoms with E-state index in [4.69, 9.17) is 5.11 Å². The Balaban J connectivity index is 2.24. The molecule has 2 rings (SSSR count). The highest BCUT2D eigenvalue weighted by Crippen LogP contribution is 2.60. The van der Waals surface area contributed by atoms with Crippen molar-refractivity contribution in [2.75, 3.05) is 0 Å². The van der Waals surface area contributed by atoms with Gasteiger partial charge in [0.15, 0.2) is 0 Å². The molecule has 0 bridgehead atoms. The summed E-state index contributed by atoms with van der Waals surface area (Å²) in [6, 6.07) is 0. The van der Waals surface area contributed by atoms with Gasteiger partial charge in [0.25, 0.3) is 0 Å². The van der Waals surface area contributed by atoms with Gasteiger partial charge in [-0.25, -0.2) is 0 Å². The van der Waals surface area contributed by atoms with Crippen molar-refractivity contribution in [2.24, 2.45) is 28.6 Å². The van der Waals surface area contributed by atoms with E-state index in [1.165, 1.54) is 5.57 Å². The minimum atomic E-state index is -0.725. The van der Waals surface area contributed by atoms with Crippen LogP contribution >= 0.6 is 0 Å². The van der Waals surface area contributed by atoms with Gasteiger partial charge in [-0.1, -0.05) is 39.3 Å². The van der Waals surface area contributed by atoms with Crippen LogP contribution in [0.3, 0.4) is 0 Å². The third kappa shape index (κ3) is 3.25. The fourth-order valence-electron chi connectivity index (χ4n) is 5.15. The molecule has 0 aromatic rings. The second kappa shape index (κ2) is 6.41. The van der Waals surface area contributed by atoms with Gasteiger partial charge >= 0.3 is 5.97 Å². The summed E-state index contributed by atoms with van der Waals surface area (Å²) in [4.78, 5) is 23.6. The lowest BCUT2D eigenvalue weighted by Gasteiger charge is -2.57. The highest BCUT2D eigenvalue weighted by atomic mass is 16.4. The molecule has 23 heavy (non-hydrogen) atoms. The van der Waals surface area contributed by atoms with Crippen LogP contribution in [0.25, 0.3) is 0 Å². The van der Waals surface area contributed by atoms with Crippen LogP contribution in [0.15, 0.2) is 11.6 Å². The van der Waals surface area contributed by atoms with E-state index in [9.17, 15) is 9.59 Å². The summed E-state index contributed by atoms with van der Waals surface area (Å²) < 4.78 is 0. The molecule has 0 aromatic carbocycles. The summed E-state index contributed by atoms with van der Waals surface area (Å²) in [5.74, 6) is 0.414. The first-order valence-corrected chi connectivity index (χ1v) is 9.03. The lowest BCUT2D eigenvalue weighted by atomic mass is 9.46. The van der Waals surface area contributed by atoms with Crippen LogP contribution in [-0.2, 0) is 9.59 Å². The van der Waals surface area contributed by atoms with Crippen molar-refractivity contribution in [3.05, 3.63) is 11.6 Å². The van der Waals surface area contributed by atoms with E-state index in [0.717, 1.165) is 25.7 Å². The lowest BCUT2D eigenvalue weighted by Crippen LogP contribution is -2.53. The number of hydrogen-bond acceptors (Lipinski definition) is 2. The predicted octanol–water partition coefficient (Wildman–Crippen LogP) is 4.86. The second-order valence-electron chi connectivity index (χ2n) is 8.55. The van der Waals surface area contributed by atoms with Gasteiger partial charge in [0, 0.05) is 18.8 Å². The minimum Gasteiger partial charge on any atom is -0.481 e. The van der Waals surface area contributed by atoms with Crippen LogP contribution in [-0.4, -0.2) is 16.9 Å². The van der Waals surface area contributed by atoms with Crippen molar-refractivity contribution < 1.29 is 14.7 Å². The average Bonchev–Trinajstić information content (AvgIpc) is 2.45. The molecule has 5 unspecified atom stereocenters. The molecule has 0 saturated heterocycles. The number of carbonyl (C=O) groups excluding carboxylic acids is 1. The van der Waals surface area contributed by atoms with E-state index >= 15 is 0 Å². The smallest absolute Gasteiger partial charge is 0.303 e. The first kappa shape index (κ1) is 18.2. The van der Waals surface area contributed by atoms with Crippen molar-refractivity contribution in [2.45, 2.75) is 73.1 Å². The Morgan fingerprint density at radius 3 is 2.70 bits per heavy atom. The van der Waals surface area contributed by atoms with E-state index in [1.807, 2.05) is 6.92 Å². The number of carbonyl (C=O) groups is 2. The molecule has 130 valence electrons. The third-order valence-electron chi connectivity index (χ3n) is 7.08. The van der Waals surface area contributed by atoms with Gasteiger partial charge in [0.1, 0.15) is 5.78 Å². The number of carboxylic acid groups (broad SMARTS) is 1. The van der Waals surface area contributed by atoms with E-state index in [2.05, 4.69) is 33.8 Å². The zero-order valence-corrected chi connectivity index (χ0v) is 15.3. The number of allylic oxidation sites excluding steroid dienone is 2. The molecule has 1 fully saturated rings. The molecule has 0 spiro atoms. The molecule has 0 aromatic heterocycles. The van der Waals surface area contributed by atoms with Crippen LogP contribution in [0.1, 0.15) is 73.1 Å². The summed E-state index contributed by atoms with van der Waals surface area (Å²) in [5, 5.41) is 8.98. The SMILES string of the molecule is CC1=CCCC2C1(C)CC(=O)C(C)C2(C)CCC(C)CC(=O)O. The van der Waals surface area contributed by atoms with E-state index in [1.54, 1.807) is 0 Å². The van der Waals surface area contributed by atoms with Crippen LogP contribution in [0.4, 0.5) is 0 Å². The maximum atomic E-state index is 12.7. The van der Waals surface area contributed by atoms with Crippen molar-refractivity contribution in [3.8, 4) is 0 Å². The monoisotopic (exact) mass is 320 g/mol. The van der Waals surface area contributed by atoms with Gasteiger partial charge < -0.3 is 5.11 Å². The molecule has 3 heteroatoms. The summed E-state index contributed by atoms with van der Waals surface area (Å²) in [7, 11) is 0. The maximum absolute atomic E-state index is 12.7. The highest BCUT2D eigenvalue weighted by molar-refractivity contribution is 5.84. The quantitative estimate of drug-likeness (QED) is 0.736. The number of ketones is 1. The van der Waals surface area contributed by atoms with Crippen LogP contribution in [0, 0.1) is 28.6 Å². The molecule has 1 saturated carbocycles. The van der Waals surface area contributed by atoms with Crippen molar-refractivity contribution in [3.63, 3.8) is 0 Å². The molecule has 0 radical (unpaired) electrons. The zero-order valence-electron chi connectivity index (χ0n) is 15.3. The molecule has 2 aliphatic rings. The molecule has 5 atom stereocenters. The van der Waals surface area contributed by atoms with Crippen molar-refractivity contribution in [1.29, 1.82) is 0 Å². The lowest BCUT2D eigenvalue weighted by molar-refractivity contribution is -0.143. The summed E-state index contributed by atoms with van der Waals surface area (Å²) >= 11 is 0. The number of Topliss-reactive ketones (excluding diaryl/α,β-unsaturated/α-hetero) is 1. The van der Waals surface area contributed by atoms with Crippen molar-refractivity contribution >= 4 is 11.8 Å². The Hall–Kier alpha value is -1.12. The maximum Gasteiger partial charge on any atom is 0.303 e. The van der Waals surface area contributed by atoms with Gasteiger partial charge in [0.05, 0.1) is 0 Å². The number of aliphatic carboxylic acids is 1. The highest BCUT2D eigenvalue weighted by Gasteiger charge is 2.56. The molecule has 3 nitrogen and oxygen atoms in total. The number of carboxylic acids is 1. The Labute approximate surface area is 140 Å². The predicted molar refractivity (Wildman–Crippen MR) is 92.1 cm³/mol. The van der Waals surface area contributed by atoms with E-state index in [-0.39, 0.29) is 29.1 Å². The average molecular weight is 320 g/mol. The molecule has 1 N–H and O–H groups in total. The normalized spacial score (nSPS) is 38.7. The van der Waals surface area contributed by atoms with Crippen LogP contribution < -0.4 is 0 Å². The Bertz CT molecular complexity index is 521. The summed E-state index contributed by atoms with van der Waals surface area (Å²) in [5.41, 5.74) is 1.35. The third-order valence-corrected chi connectivity index (χ3v) is 7.08. The standard InChI is InChI=1S/C20H32O3/c1-13(11-18(22)23)9-10-19(4)15(3)16(21)12-20(5)14(2)7-6-8-17(19)20/h7,13,15,17H,6,8-12H2,1-5H3,(H,22,23). The van der Waals surface area contributed by atoms with Gasteiger partial charge in [-0.15, -0.1) is 0 Å². The number of hydrogen-bond donors (Lipinski definition) is 1. The first-order valence-electron chi connectivity index (χ1n) is 9.03. The second-order valence-corrected chi connectivity index (χ2v) is 8.55. The molecular weight excluding hydrogens is 288 g/mol. The first-order chi connectivity index (χ1) is 10.6. The topological polar surface area (TPSA) is 54.4 Å². The fraction of sp³-hybridized carbons (Fsp3) is 0.800. The van der Waals surface area contributed by atoms with Crippen LogP contribution in [0.2, 0.25) is 0 Å². The number of rotatable bonds is 5. The molecular formula is C20H32O3. The Kier molecular flexibility index (Phi) is 5.08. The molecule has 0 heterocycles. The summed E-state index contributed by atoms with van der Waals surface area (Å²) in [6.07, 6.45) is 7.29. The van der Waals surface area contributed by atoms with E-state index < -0.39 is 5.97 Å². The minimum absolute atomic E-state index is 0.00731. The van der Waals surface area contributed by atoms with Gasteiger partial charge in [-0.2, -0.15) is 0 Å². The van der Waals surface area contributed by atoms with Gasteiger partial charge in [-0.05, 0) is 55.3 Å². The molecule has 0 amide bonds. The molecule has 0 aliphatic heterocycles. The summed E-state index contributed by atoms with van der Waals surface area (Å²) in [6.45, 7) is 10.8. The number of fused-ring (bicyclic) bond motifs is 1. The van der Waals surface area contributed by atoms with Crippen molar-refractivity contribution in [1.82, 2.24) is 0 Å². The largest absolute Gasteiger partial charge is 0.481 e. The molecule has 2 aliphatic carbocycles. The van der Waals surface area contributed by atoms with Crippen LogP contribution in [0.5, 0.6) is 0 Å². The van der Waals surface area contributed by atoms with Gasteiger partial charge in [-0.3, -0.25) is 9.59 Å². The zero-order chi connectivity index (χ0) is 17.4. The van der Waals surface area contributed by atoms with Gasteiger partial charge in [0.2, 0.25) is 0 Å². The van der Waals surface area contributed by atoms with E-state index in [0.29, 0.717) is 18.1 Å².